The summed E-state index contributed by atoms with van der Waals surface area (Å²) in [6.45, 7) is 21.7. The van der Waals surface area contributed by atoms with Crippen molar-refractivity contribution in [2.24, 2.45) is 4.99 Å². The van der Waals surface area contributed by atoms with Crippen LogP contribution in [0.3, 0.4) is 0 Å². The third kappa shape index (κ3) is 9.98. The van der Waals surface area contributed by atoms with Crippen LogP contribution in [0.1, 0.15) is 48.5 Å². The first-order valence-corrected chi connectivity index (χ1v) is 7.85. The smallest absolute Gasteiger partial charge is 0.126 e. The molecule has 0 aliphatic carbocycles. The molecule has 0 amide bonds. The van der Waals surface area contributed by atoms with Gasteiger partial charge in [-0.1, -0.05) is 58.6 Å². The van der Waals surface area contributed by atoms with Crippen molar-refractivity contribution in [1.82, 2.24) is 0 Å². The van der Waals surface area contributed by atoms with Crippen LogP contribution in [0, 0.1) is 0 Å². The first-order chi connectivity index (χ1) is 10.5. The Bertz CT molecular complexity index is 435. The van der Waals surface area contributed by atoms with E-state index in [1.54, 1.807) is 26.4 Å². The summed E-state index contributed by atoms with van der Waals surface area (Å²) in [6.07, 6.45) is 7.53. The van der Waals surface area contributed by atoms with Gasteiger partial charge in [-0.05, 0) is 32.4 Å². The van der Waals surface area contributed by atoms with Crippen molar-refractivity contribution in [3.8, 4) is 0 Å². The molecule has 126 valence electrons. The lowest BCUT2D eigenvalue weighted by atomic mass is 9.96. The molecule has 0 aromatic heterocycles. The Morgan fingerprint density at radius 2 is 1.59 bits per heavy atom. The Balaban J connectivity index is -0.000000826. The van der Waals surface area contributed by atoms with E-state index in [0.29, 0.717) is 0 Å². The number of ether oxygens (including phenoxy) is 1. The van der Waals surface area contributed by atoms with Crippen LogP contribution in [0.4, 0.5) is 0 Å². The van der Waals surface area contributed by atoms with Gasteiger partial charge in [-0.15, -0.1) is 0 Å². The predicted octanol–water partition coefficient (Wildman–Crippen LogP) is 6.29. The molecule has 0 bridgehead atoms. The minimum absolute atomic E-state index is 0.734. The summed E-state index contributed by atoms with van der Waals surface area (Å²) in [5.41, 5.74) is 4.03. The highest BCUT2D eigenvalue weighted by Crippen LogP contribution is 2.24. The second-order valence-electron chi connectivity index (χ2n) is 3.95. The monoisotopic (exact) mass is 305 g/mol. The molecule has 0 rings (SSSR count). The molecule has 0 fully saturated rings. The molecule has 2 nitrogen and oxygen atoms in total. The van der Waals surface area contributed by atoms with E-state index in [9.17, 15) is 0 Å². The molecule has 0 aromatic rings. The van der Waals surface area contributed by atoms with E-state index in [0.717, 1.165) is 28.1 Å². The van der Waals surface area contributed by atoms with E-state index >= 15 is 0 Å². The predicted molar refractivity (Wildman–Crippen MR) is 104 cm³/mol. The van der Waals surface area contributed by atoms with Crippen LogP contribution in [0.15, 0.2) is 64.4 Å². The van der Waals surface area contributed by atoms with Gasteiger partial charge in [0.1, 0.15) is 5.76 Å². The number of rotatable bonds is 6. The molecule has 0 atom stereocenters. The van der Waals surface area contributed by atoms with Crippen molar-refractivity contribution in [1.29, 1.82) is 0 Å². The van der Waals surface area contributed by atoms with Crippen LogP contribution in [0.5, 0.6) is 0 Å². The van der Waals surface area contributed by atoms with Crippen molar-refractivity contribution in [2.75, 3.05) is 14.2 Å². The van der Waals surface area contributed by atoms with Gasteiger partial charge in [0, 0.05) is 24.4 Å². The number of hydrogen-bond acceptors (Lipinski definition) is 2. The second-order valence-corrected chi connectivity index (χ2v) is 3.95. The van der Waals surface area contributed by atoms with Gasteiger partial charge in [-0.25, -0.2) is 0 Å². The average molecular weight is 306 g/mol. The van der Waals surface area contributed by atoms with Crippen molar-refractivity contribution >= 4 is 6.21 Å². The Hall–Kier alpha value is -1.83. The molecule has 0 saturated carbocycles. The maximum atomic E-state index is 5.38. The fourth-order valence-electron chi connectivity index (χ4n) is 1.57. The van der Waals surface area contributed by atoms with Crippen molar-refractivity contribution in [3.63, 3.8) is 0 Å². The van der Waals surface area contributed by atoms with Crippen LogP contribution in [0.2, 0.25) is 0 Å². The van der Waals surface area contributed by atoms with Gasteiger partial charge in [-0.2, -0.15) is 0 Å². The molecule has 0 radical (unpaired) electrons. The standard InChI is InChI=1S/C16H23NO.2C2H6/c1-8-13(5)16(15(9-2)18-7)14(11-17-6)10-12(3)4;2*1-2/h8-11H,2-3H2,1,4-7H3;2*1-2H3/b13-8-,14-10+,16-15-,17-11?;;. The average Bonchev–Trinajstić information content (AvgIpc) is 2.54. The number of methoxy groups -OCH3 is 1. The summed E-state index contributed by atoms with van der Waals surface area (Å²) in [6, 6.07) is 0. The fourth-order valence-corrected chi connectivity index (χ4v) is 1.57. The highest BCUT2D eigenvalue weighted by molar-refractivity contribution is 5.88. The van der Waals surface area contributed by atoms with Gasteiger partial charge in [0.2, 0.25) is 0 Å². The summed E-state index contributed by atoms with van der Waals surface area (Å²) in [4.78, 5) is 4.09. The molecule has 0 aliphatic rings. The molecule has 0 N–H and O–H groups in total. The second kappa shape index (κ2) is 17.2. The van der Waals surface area contributed by atoms with Gasteiger partial charge >= 0.3 is 0 Å². The zero-order chi connectivity index (χ0) is 18.1. The Labute approximate surface area is 138 Å². The van der Waals surface area contributed by atoms with Crippen LogP contribution >= 0.6 is 0 Å². The number of aliphatic imine (C=N–C) groups is 1. The largest absolute Gasteiger partial charge is 0.496 e. The van der Waals surface area contributed by atoms with Gasteiger partial charge < -0.3 is 4.74 Å². The molecule has 0 aromatic carbocycles. The van der Waals surface area contributed by atoms with Gasteiger partial charge in [0.05, 0.1) is 7.11 Å². The van der Waals surface area contributed by atoms with E-state index in [2.05, 4.69) is 18.2 Å². The van der Waals surface area contributed by atoms with Crippen LogP contribution < -0.4 is 0 Å². The lowest BCUT2D eigenvalue weighted by Crippen LogP contribution is -2.00. The van der Waals surface area contributed by atoms with Crippen LogP contribution in [-0.4, -0.2) is 20.4 Å². The lowest BCUT2D eigenvalue weighted by molar-refractivity contribution is 0.304. The third-order valence-corrected chi connectivity index (χ3v) is 2.44. The summed E-state index contributed by atoms with van der Waals surface area (Å²) in [5.74, 6) is 0.734. The molecule has 0 unspecified atom stereocenters. The van der Waals surface area contributed by atoms with Crippen LogP contribution in [0.25, 0.3) is 0 Å². The highest BCUT2D eigenvalue weighted by atomic mass is 16.5. The van der Waals surface area contributed by atoms with E-state index < -0.39 is 0 Å². The Morgan fingerprint density at radius 1 is 1.09 bits per heavy atom. The maximum absolute atomic E-state index is 5.38. The van der Waals surface area contributed by atoms with Gasteiger partial charge in [0.25, 0.3) is 0 Å². The molecule has 0 saturated heterocycles. The minimum Gasteiger partial charge on any atom is -0.496 e. The molecule has 2 heteroatoms. The van der Waals surface area contributed by atoms with Crippen molar-refractivity contribution < 1.29 is 4.74 Å². The Morgan fingerprint density at radius 3 is 1.86 bits per heavy atom. The lowest BCUT2D eigenvalue weighted by Gasteiger charge is -2.13. The number of nitrogens with zero attached hydrogens (tertiary/aromatic N) is 1. The maximum Gasteiger partial charge on any atom is 0.126 e. The summed E-state index contributed by atoms with van der Waals surface area (Å²) in [7, 11) is 3.39. The van der Waals surface area contributed by atoms with E-state index in [4.69, 9.17) is 4.74 Å². The number of allylic oxidation sites excluding steroid dienone is 7. The molecule has 0 heterocycles. The fraction of sp³-hybridized carbons (Fsp3) is 0.450. The number of hydrogen-bond donors (Lipinski definition) is 0. The molecular formula is C20H35NO. The van der Waals surface area contributed by atoms with Crippen molar-refractivity contribution in [2.45, 2.75) is 48.5 Å². The normalized spacial score (nSPS) is 12.4. The zero-order valence-electron chi connectivity index (χ0n) is 16.1. The van der Waals surface area contributed by atoms with Gasteiger partial charge in [0.15, 0.2) is 0 Å². The molecule has 0 spiro atoms. The summed E-state index contributed by atoms with van der Waals surface area (Å²) < 4.78 is 5.38. The molecule has 0 aliphatic heterocycles. The molecule has 22 heavy (non-hydrogen) atoms. The van der Waals surface area contributed by atoms with E-state index in [1.807, 2.05) is 60.6 Å². The minimum atomic E-state index is 0.734. The topological polar surface area (TPSA) is 21.6 Å². The SMILES string of the molecule is C=C/C(OC)=C(C(\C)=C/C)/C(C=NC)=C/C(=C)C.CC.CC. The van der Waals surface area contributed by atoms with Crippen molar-refractivity contribution in [3.05, 3.63) is 59.4 Å². The molecular weight excluding hydrogens is 270 g/mol. The first kappa shape index (κ1) is 25.1. The quantitative estimate of drug-likeness (QED) is 0.321. The van der Waals surface area contributed by atoms with Crippen LogP contribution in [-0.2, 0) is 4.74 Å². The van der Waals surface area contributed by atoms with E-state index in [1.165, 1.54) is 0 Å². The zero-order valence-corrected chi connectivity index (χ0v) is 16.1. The van der Waals surface area contributed by atoms with Gasteiger partial charge in [-0.3, -0.25) is 4.99 Å². The first-order valence-electron chi connectivity index (χ1n) is 7.85. The Kier molecular flexibility index (Phi) is 19.7. The summed E-state index contributed by atoms with van der Waals surface area (Å²) in [5, 5.41) is 0. The third-order valence-electron chi connectivity index (χ3n) is 2.44. The highest BCUT2D eigenvalue weighted by Gasteiger charge is 2.11. The summed E-state index contributed by atoms with van der Waals surface area (Å²) >= 11 is 0. The van der Waals surface area contributed by atoms with E-state index in [-0.39, 0.29) is 0 Å².